The number of hydrogen-bond donors (Lipinski definition) is 0. The van der Waals surface area contributed by atoms with Gasteiger partial charge in [0.15, 0.2) is 5.78 Å². The van der Waals surface area contributed by atoms with Gasteiger partial charge in [-0.2, -0.15) is 0 Å². The molecule has 0 saturated heterocycles. The molecule has 1 aromatic heterocycles. The van der Waals surface area contributed by atoms with Gasteiger partial charge in [-0.05, 0) is 31.7 Å². The van der Waals surface area contributed by atoms with E-state index in [-0.39, 0.29) is 11.4 Å². The van der Waals surface area contributed by atoms with Crippen LogP contribution in [0.15, 0.2) is 17.5 Å². The summed E-state index contributed by atoms with van der Waals surface area (Å²) in [6, 6.07) is 3.77. The van der Waals surface area contributed by atoms with Gasteiger partial charge in [-0.1, -0.05) is 6.07 Å². The van der Waals surface area contributed by atoms with E-state index in [1.54, 1.807) is 7.11 Å². The van der Waals surface area contributed by atoms with Crippen molar-refractivity contribution in [3.63, 3.8) is 0 Å². The van der Waals surface area contributed by atoms with Crippen LogP contribution in [0.3, 0.4) is 0 Å². The highest BCUT2D eigenvalue weighted by Crippen LogP contribution is 2.19. The maximum absolute atomic E-state index is 11.6. The Balaban J connectivity index is 2.43. The average Bonchev–Trinajstić information content (AvgIpc) is 2.67. The minimum absolute atomic E-state index is 0.201. The van der Waals surface area contributed by atoms with Crippen LogP contribution in [0.2, 0.25) is 0 Å². The van der Waals surface area contributed by atoms with E-state index in [9.17, 15) is 4.79 Å². The minimum Gasteiger partial charge on any atom is -0.379 e. The molecule has 14 heavy (non-hydrogen) atoms. The third-order valence-corrected chi connectivity index (χ3v) is 3.21. The summed E-state index contributed by atoms with van der Waals surface area (Å²) in [6.45, 7) is 3.99. The largest absolute Gasteiger partial charge is 0.379 e. The number of hydrogen-bond acceptors (Lipinski definition) is 3. The average molecular weight is 212 g/mol. The van der Waals surface area contributed by atoms with Gasteiger partial charge < -0.3 is 4.74 Å². The highest BCUT2D eigenvalue weighted by Gasteiger charge is 2.18. The van der Waals surface area contributed by atoms with E-state index >= 15 is 0 Å². The number of ketones is 1. The van der Waals surface area contributed by atoms with Crippen molar-refractivity contribution in [3.8, 4) is 0 Å². The molecular formula is C11H16O2S. The molecule has 0 aliphatic rings. The topological polar surface area (TPSA) is 26.3 Å². The zero-order valence-corrected chi connectivity index (χ0v) is 9.69. The van der Waals surface area contributed by atoms with E-state index in [1.165, 1.54) is 11.3 Å². The molecule has 0 N–H and O–H groups in total. The Morgan fingerprint density at radius 3 is 2.79 bits per heavy atom. The van der Waals surface area contributed by atoms with Crippen molar-refractivity contribution in [1.29, 1.82) is 0 Å². The van der Waals surface area contributed by atoms with Crippen LogP contribution in [0, 0.1) is 0 Å². The standard InChI is InChI=1S/C11H16O2S/c1-11(2,13-3)7-6-9(12)10-5-4-8-14-10/h4-5,8H,6-7H2,1-3H3. The molecule has 1 heterocycles. The van der Waals surface area contributed by atoms with Gasteiger partial charge in [-0.3, -0.25) is 4.79 Å². The van der Waals surface area contributed by atoms with Gasteiger partial charge in [0.25, 0.3) is 0 Å². The summed E-state index contributed by atoms with van der Waals surface area (Å²) in [5.41, 5.74) is -0.201. The van der Waals surface area contributed by atoms with Crippen molar-refractivity contribution >= 4 is 17.1 Å². The zero-order valence-electron chi connectivity index (χ0n) is 8.87. The third kappa shape index (κ3) is 3.24. The van der Waals surface area contributed by atoms with Gasteiger partial charge in [0.05, 0.1) is 10.5 Å². The summed E-state index contributed by atoms with van der Waals surface area (Å²) in [4.78, 5) is 12.5. The van der Waals surface area contributed by atoms with Gasteiger partial charge in [0.2, 0.25) is 0 Å². The van der Waals surface area contributed by atoms with E-state index in [0.717, 1.165) is 11.3 Å². The predicted octanol–water partition coefficient (Wildman–Crippen LogP) is 3.14. The van der Waals surface area contributed by atoms with Crippen LogP contribution in [0.25, 0.3) is 0 Å². The number of carbonyl (C=O) groups excluding carboxylic acids is 1. The number of thiophene rings is 1. The molecule has 0 unspecified atom stereocenters. The monoisotopic (exact) mass is 212 g/mol. The molecule has 1 rings (SSSR count). The predicted molar refractivity (Wildman–Crippen MR) is 59.0 cm³/mol. The third-order valence-electron chi connectivity index (χ3n) is 2.30. The molecule has 0 radical (unpaired) electrons. The number of Topliss-reactive ketones (excluding diaryl/α,β-unsaturated/α-hetero) is 1. The van der Waals surface area contributed by atoms with E-state index < -0.39 is 0 Å². The van der Waals surface area contributed by atoms with Crippen LogP contribution in [0.4, 0.5) is 0 Å². The van der Waals surface area contributed by atoms with E-state index in [0.29, 0.717) is 6.42 Å². The molecule has 2 nitrogen and oxygen atoms in total. The van der Waals surface area contributed by atoms with Crippen LogP contribution in [0.5, 0.6) is 0 Å². The molecule has 0 saturated carbocycles. The molecule has 0 aromatic carbocycles. The lowest BCUT2D eigenvalue weighted by atomic mass is 10.0. The van der Waals surface area contributed by atoms with Crippen LogP contribution >= 0.6 is 11.3 Å². The van der Waals surface area contributed by atoms with Crippen LogP contribution in [-0.4, -0.2) is 18.5 Å². The first-order valence-electron chi connectivity index (χ1n) is 4.67. The van der Waals surface area contributed by atoms with Gasteiger partial charge in [-0.15, -0.1) is 11.3 Å². The summed E-state index contributed by atoms with van der Waals surface area (Å²) in [5, 5.41) is 1.93. The molecule has 0 bridgehead atoms. The molecule has 0 aliphatic carbocycles. The highest BCUT2D eigenvalue weighted by molar-refractivity contribution is 7.12. The zero-order chi connectivity index (χ0) is 10.6. The highest BCUT2D eigenvalue weighted by atomic mass is 32.1. The molecule has 0 spiro atoms. The maximum Gasteiger partial charge on any atom is 0.172 e. The number of methoxy groups -OCH3 is 1. The van der Waals surface area contributed by atoms with Crippen molar-refractivity contribution in [2.75, 3.05) is 7.11 Å². The smallest absolute Gasteiger partial charge is 0.172 e. The lowest BCUT2D eigenvalue weighted by molar-refractivity contribution is 0.0142. The summed E-state index contributed by atoms with van der Waals surface area (Å²) < 4.78 is 5.26. The normalized spacial score (nSPS) is 11.6. The van der Waals surface area contributed by atoms with Crippen molar-refractivity contribution < 1.29 is 9.53 Å². The molecule has 0 fully saturated rings. The molecular weight excluding hydrogens is 196 g/mol. The number of ether oxygens (including phenoxy) is 1. The Kier molecular flexibility index (Phi) is 3.84. The second kappa shape index (κ2) is 4.71. The Morgan fingerprint density at radius 1 is 1.57 bits per heavy atom. The Hall–Kier alpha value is -0.670. The minimum atomic E-state index is -0.201. The fourth-order valence-electron chi connectivity index (χ4n) is 1.08. The SMILES string of the molecule is COC(C)(C)CCC(=O)c1cccs1. The Labute approximate surface area is 88.9 Å². The second-order valence-corrected chi connectivity index (χ2v) is 4.81. The van der Waals surface area contributed by atoms with Crippen molar-refractivity contribution in [2.45, 2.75) is 32.3 Å². The van der Waals surface area contributed by atoms with Gasteiger partial charge >= 0.3 is 0 Å². The van der Waals surface area contributed by atoms with Gasteiger partial charge in [0, 0.05) is 13.5 Å². The maximum atomic E-state index is 11.6. The second-order valence-electron chi connectivity index (χ2n) is 3.86. The molecule has 0 atom stereocenters. The fourth-order valence-corrected chi connectivity index (χ4v) is 1.77. The van der Waals surface area contributed by atoms with E-state index in [1.807, 2.05) is 31.4 Å². The first kappa shape index (κ1) is 11.4. The molecule has 3 heteroatoms. The van der Waals surface area contributed by atoms with Gasteiger partial charge in [0.1, 0.15) is 0 Å². The van der Waals surface area contributed by atoms with E-state index in [4.69, 9.17) is 4.74 Å². The molecule has 0 aliphatic heterocycles. The summed E-state index contributed by atoms with van der Waals surface area (Å²) in [7, 11) is 1.68. The first-order valence-corrected chi connectivity index (χ1v) is 5.55. The van der Waals surface area contributed by atoms with E-state index in [2.05, 4.69) is 0 Å². The number of rotatable bonds is 5. The lowest BCUT2D eigenvalue weighted by Crippen LogP contribution is -2.23. The summed E-state index contributed by atoms with van der Waals surface area (Å²) in [5.74, 6) is 0.213. The first-order chi connectivity index (χ1) is 6.55. The fraction of sp³-hybridized carbons (Fsp3) is 0.545. The Bertz CT molecular complexity index is 288. The number of carbonyl (C=O) groups is 1. The summed E-state index contributed by atoms with van der Waals surface area (Å²) >= 11 is 1.50. The van der Waals surface area contributed by atoms with Crippen LogP contribution in [0.1, 0.15) is 36.4 Å². The van der Waals surface area contributed by atoms with Crippen LogP contribution < -0.4 is 0 Å². The lowest BCUT2D eigenvalue weighted by Gasteiger charge is -2.21. The van der Waals surface area contributed by atoms with Gasteiger partial charge in [-0.25, -0.2) is 0 Å². The molecule has 0 amide bonds. The molecule has 1 aromatic rings. The summed E-state index contributed by atoms with van der Waals surface area (Å²) in [6.07, 6.45) is 1.32. The van der Waals surface area contributed by atoms with Crippen molar-refractivity contribution in [3.05, 3.63) is 22.4 Å². The van der Waals surface area contributed by atoms with Crippen molar-refractivity contribution in [1.82, 2.24) is 0 Å². The molecule has 78 valence electrons. The Morgan fingerprint density at radius 2 is 2.29 bits per heavy atom. The quantitative estimate of drug-likeness (QED) is 0.701. The van der Waals surface area contributed by atoms with Crippen LogP contribution in [-0.2, 0) is 4.74 Å². The van der Waals surface area contributed by atoms with Crippen molar-refractivity contribution in [2.24, 2.45) is 0 Å².